The number of hydrogen-bond acceptors (Lipinski definition) is 6. The van der Waals surface area contributed by atoms with Gasteiger partial charge in [0, 0.05) is 42.5 Å². The summed E-state index contributed by atoms with van der Waals surface area (Å²) in [6.45, 7) is 8.87. The molecule has 0 atom stereocenters. The number of carbonyl (C=O) groups excluding carboxylic acids is 1. The van der Waals surface area contributed by atoms with Crippen molar-refractivity contribution in [2.24, 2.45) is 11.7 Å². The fraction of sp³-hybridized carbons (Fsp3) is 0.273. The van der Waals surface area contributed by atoms with Gasteiger partial charge >= 0.3 is 0 Å². The van der Waals surface area contributed by atoms with Crippen LogP contribution in [0.1, 0.15) is 19.5 Å². The summed E-state index contributed by atoms with van der Waals surface area (Å²) in [6, 6.07) is 1.91. The van der Waals surface area contributed by atoms with E-state index in [1.165, 1.54) is 6.20 Å². The largest absolute Gasteiger partial charge is 0.405 e. The Morgan fingerprint density at radius 1 is 1.40 bits per heavy atom. The smallest absolute Gasteiger partial charge is 0.222 e. The molecule has 3 rings (SSSR count). The maximum absolute atomic E-state index is 11.9. The highest BCUT2D eigenvalue weighted by Gasteiger charge is 2.30. The van der Waals surface area contributed by atoms with Gasteiger partial charge in [-0.2, -0.15) is 0 Å². The van der Waals surface area contributed by atoms with Gasteiger partial charge in [0.1, 0.15) is 11.5 Å². The minimum Gasteiger partial charge on any atom is -0.405 e. The Kier molecular flexibility index (Phi) is 6.84. The lowest BCUT2D eigenvalue weighted by Gasteiger charge is -2.40. The van der Waals surface area contributed by atoms with Crippen molar-refractivity contribution >= 4 is 28.9 Å². The number of aromatic nitrogens is 3. The van der Waals surface area contributed by atoms with Crippen molar-refractivity contribution in [1.29, 1.82) is 0 Å². The van der Waals surface area contributed by atoms with Crippen LogP contribution in [-0.2, 0) is 4.79 Å². The van der Waals surface area contributed by atoms with Gasteiger partial charge in [-0.15, -0.1) is 0 Å². The van der Waals surface area contributed by atoms with Crippen LogP contribution in [0.4, 0.5) is 5.82 Å². The first kappa shape index (κ1) is 21.5. The second-order valence-corrected chi connectivity index (χ2v) is 7.67. The van der Waals surface area contributed by atoms with Crippen molar-refractivity contribution in [2.75, 3.05) is 18.0 Å². The van der Waals surface area contributed by atoms with E-state index in [1.54, 1.807) is 36.8 Å². The summed E-state index contributed by atoms with van der Waals surface area (Å²) in [4.78, 5) is 27.5. The van der Waals surface area contributed by atoms with E-state index in [0.717, 1.165) is 11.1 Å². The van der Waals surface area contributed by atoms with E-state index in [2.05, 4.69) is 26.8 Å². The summed E-state index contributed by atoms with van der Waals surface area (Å²) in [5.41, 5.74) is 8.37. The number of nitrogens with one attached hydrogen (secondary N) is 1. The summed E-state index contributed by atoms with van der Waals surface area (Å²) in [5, 5.41) is 3.51. The van der Waals surface area contributed by atoms with E-state index in [0.29, 0.717) is 35.3 Å². The molecule has 3 heterocycles. The molecule has 0 aromatic carbocycles. The predicted octanol–water partition coefficient (Wildman–Crippen LogP) is 3.19. The highest BCUT2D eigenvalue weighted by Crippen LogP contribution is 2.33. The van der Waals surface area contributed by atoms with Gasteiger partial charge in [-0.3, -0.25) is 14.8 Å². The SMILES string of the molecule is C=C/C=C(\C=C/N)c1ncc(N2CC(NC(=O)C(C)C)C2)nc1-c1ccncc1Cl. The zero-order valence-corrected chi connectivity index (χ0v) is 17.8. The molecule has 0 saturated carbocycles. The maximum Gasteiger partial charge on any atom is 0.222 e. The first-order valence-electron chi connectivity index (χ1n) is 9.68. The summed E-state index contributed by atoms with van der Waals surface area (Å²) >= 11 is 6.41. The van der Waals surface area contributed by atoms with E-state index in [4.69, 9.17) is 22.3 Å². The Morgan fingerprint density at radius 2 is 2.17 bits per heavy atom. The number of anilines is 1. The van der Waals surface area contributed by atoms with Gasteiger partial charge in [0.2, 0.25) is 5.91 Å². The van der Waals surface area contributed by atoms with E-state index in [1.807, 2.05) is 19.9 Å². The highest BCUT2D eigenvalue weighted by molar-refractivity contribution is 6.33. The van der Waals surface area contributed by atoms with Gasteiger partial charge in [-0.25, -0.2) is 4.98 Å². The first-order chi connectivity index (χ1) is 14.4. The summed E-state index contributed by atoms with van der Waals surface area (Å²) in [6.07, 6.45) is 11.6. The third-order valence-electron chi connectivity index (χ3n) is 4.71. The molecule has 1 aliphatic heterocycles. The van der Waals surface area contributed by atoms with Crippen molar-refractivity contribution in [2.45, 2.75) is 19.9 Å². The maximum atomic E-state index is 11.9. The van der Waals surface area contributed by atoms with Crippen LogP contribution in [0.5, 0.6) is 0 Å². The molecule has 2 aromatic rings. The predicted molar refractivity (Wildman–Crippen MR) is 121 cm³/mol. The number of carbonyl (C=O) groups is 1. The molecule has 3 N–H and O–H groups in total. The molecule has 1 amide bonds. The number of pyridine rings is 1. The Bertz CT molecular complexity index is 995. The molecule has 0 radical (unpaired) electrons. The molecule has 0 spiro atoms. The topological polar surface area (TPSA) is 97.0 Å². The number of allylic oxidation sites excluding steroid dienone is 4. The fourth-order valence-corrected chi connectivity index (χ4v) is 3.28. The number of halogens is 1. The van der Waals surface area contributed by atoms with Gasteiger partial charge in [0.15, 0.2) is 0 Å². The van der Waals surface area contributed by atoms with Gasteiger partial charge in [-0.05, 0) is 18.3 Å². The molecular weight excluding hydrogens is 400 g/mol. The quantitative estimate of drug-likeness (QED) is 0.662. The third kappa shape index (κ3) is 4.68. The average Bonchev–Trinajstić information content (AvgIpc) is 2.70. The molecule has 156 valence electrons. The Labute approximate surface area is 181 Å². The van der Waals surface area contributed by atoms with Crippen LogP contribution < -0.4 is 16.0 Å². The van der Waals surface area contributed by atoms with Gasteiger partial charge in [-0.1, -0.05) is 44.2 Å². The summed E-state index contributed by atoms with van der Waals surface area (Å²) in [7, 11) is 0. The third-order valence-corrected chi connectivity index (χ3v) is 5.01. The van der Waals surface area contributed by atoms with Crippen molar-refractivity contribution in [3.63, 3.8) is 0 Å². The zero-order chi connectivity index (χ0) is 21.7. The number of amides is 1. The number of hydrogen-bond donors (Lipinski definition) is 2. The van der Waals surface area contributed by atoms with E-state index in [9.17, 15) is 4.79 Å². The van der Waals surface area contributed by atoms with Gasteiger partial charge in [0.05, 0.1) is 23.0 Å². The first-order valence-corrected chi connectivity index (χ1v) is 10.1. The lowest BCUT2D eigenvalue weighted by molar-refractivity contribution is -0.124. The zero-order valence-electron chi connectivity index (χ0n) is 17.0. The van der Waals surface area contributed by atoms with Crippen LogP contribution >= 0.6 is 11.6 Å². The van der Waals surface area contributed by atoms with E-state index >= 15 is 0 Å². The Morgan fingerprint density at radius 3 is 2.80 bits per heavy atom. The molecule has 1 fully saturated rings. The van der Waals surface area contributed by atoms with Crippen molar-refractivity contribution in [1.82, 2.24) is 20.3 Å². The Hall–Kier alpha value is -3.19. The van der Waals surface area contributed by atoms with Crippen LogP contribution in [0.3, 0.4) is 0 Å². The highest BCUT2D eigenvalue weighted by atomic mass is 35.5. The number of nitrogens with zero attached hydrogens (tertiary/aromatic N) is 4. The van der Waals surface area contributed by atoms with Crippen LogP contribution in [0.25, 0.3) is 16.8 Å². The van der Waals surface area contributed by atoms with E-state index < -0.39 is 0 Å². The molecule has 1 saturated heterocycles. The number of nitrogens with two attached hydrogens (primary N) is 1. The molecule has 2 aromatic heterocycles. The fourth-order valence-electron chi connectivity index (χ4n) is 3.07. The van der Waals surface area contributed by atoms with Crippen molar-refractivity contribution in [3.8, 4) is 11.3 Å². The second-order valence-electron chi connectivity index (χ2n) is 7.26. The van der Waals surface area contributed by atoms with Crippen molar-refractivity contribution < 1.29 is 4.79 Å². The molecule has 0 unspecified atom stereocenters. The minimum absolute atomic E-state index is 0.0378. The van der Waals surface area contributed by atoms with Gasteiger partial charge in [0.25, 0.3) is 0 Å². The molecule has 8 heteroatoms. The molecule has 1 aliphatic rings. The summed E-state index contributed by atoms with van der Waals surface area (Å²) in [5.74, 6) is 0.730. The standard InChI is InChI=1S/C22H25ClN6O/c1-4-5-15(6-8-24)20-21(17-7-9-25-10-18(17)23)28-19(11-26-20)29-12-16(13-29)27-22(30)14(2)3/h4-11,14,16H,1,12-13,24H2,2-3H3,(H,27,30)/b8-6-,15-5+. The molecule has 0 bridgehead atoms. The van der Waals surface area contributed by atoms with Crippen LogP contribution in [-0.4, -0.2) is 40.0 Å². The molecular formula is C22H25ClN6O. The van der Waals surface area contributed by atoms with Crippen LogP contribution in [0.2, 0.25) is 5.02 Å². The minimum atomic E-state index is -0.0378. The van der Waals surface area contributed by atoms with Crippen LogP contribution in [0.15, 0.2) is 55.7 Å². The van der Waals surface area contributed by atoms with Crippen LogP contribution in [0, 0.1) is 5.92 Å². The lowest BCUT2D eigenvalue weighted by atomic mass is 10.0. The Balaban J connectivity index is 1.94. The van der Waals surface area contributed by atoms with Gasteiger partial charge < -0.3 is 16.0 Å². The lowest BCUT2D eigenvalue weighted by Crippen LogP contribution is -2.60. The van der Waals surface area contributed by atoms with E-state index in [-0.39, 0.29) is 17.9 Å². The molecule has 0 aliphatic carbocycles. The second kappa shape index (κ2) is 9.54. The normalized spacial score (nSPS) is 14.8. The average molecular weight is 425 g/mol. The molecule has 7 nitrogen and oxygen atoms in total. The monoisotopic (exact) mass is 424 g/mol. The van der Waals surface area contributed by atoms with Crippen molar-refractivity contribution in [3.05, 3.63) is 66.4 Å². The molecule has 30 heavy (non-hydrogen) atoms. The number of rotatable bonds is 7. The summed E-state index contributed by atoms with van der Waals surface area (Å²) < 4.78 is 0.